The van der Waals surface area contributed by atoms with Gasteiger partial charge in [0.15, 0.2) is 0 Å². The molecule has 12 heteroatoms. The molecule has 1 amide bonds. The van der Waals surface area contributed by atoms with Crippen LogP contribution in [0.1, 0.15) is 24.2 Å². The minimum Gasteiger partial charge on any atom is -0.495 e. The van der Waals surface area contributed by atoms with Crippen LogP contribution in [0.15, 0.2) is 43.0 Å². The maximum atomic E-state index is 13.4. The molecule has 3 heterocycles. The first-order chi connectivity index (χ1) is 19.3. The SMILES string of the molecule is COc1cc(OC)c(Cl)c(-c2ccc(C(=O)Nc3cnc(N4CCN(C(C)C)CC4)nc3)c3nccnc23)c1Cl. The van der Waals surface area contributed by atoms with Gasteiger partial charge in [-0.15, -0.1) is 0 Å². The van der Waals surface area contributed by atoms with Crippen molar-refractivity contribution in [3.63, 3.8) is 0 Å². The van der Waals surface area contributed by atoms with Gasteiger partial charge >= 0.3 is 0 Å². The van der Waals surface area contributed by atoms with Crippen LogP contribution in [0.5, 0.6) is 11.5 Å². The minimum absolute atomic E-state index is 0.292. The number of ether oxygens (including phenoxy) is 2. The Morgan fingerprint density at radius 1 is 0.900 bits per heavy atom. The van der Waals surface area contributed by atoms with Crippen LogP contribution in [0.4, 0.5) is 11.6 Å². The summed E-state index contributed by atoms with van der Waals surface area (Å²) in [5.74, 6) is 1.05. The molecule has 2 aromatic carbocycles. The van der Waals surface area contributed by atoms with Crippen LogP contribution in [0.3, 0.4) is 0 Å². The van der Waals surface area contributed by atoms with E-state index in [0.29, 0.717) is 66.9 Å². The first-order valence-electron chi connectivity index (χ1n) is 12.8. The first-order valence-corrected chi connectivity index (χ1v) is 13.5. The van der Waals surface area contributed by atoms with E-state index in [-0.39, 0.29) is 5.91 Å². The molecule has 2 aromatic heterocycles. The summed E-state index contributed by atoms with van der Waals surface area (Å²) >= 11 is 13.3. The third-order valence-electron chi connectivity index (χ3n) is 6.94. The van der Waals surface area contributed by atoms with E-state index in [1.807, 2.05) is 0 Å². The molecule has 1 aliphatic rings. The standard InChI is InChI=1S/C28H29Cl2N7O3/c1-16(2)36-9-11-37(12-10-36)28-33-14-17(15-34-28)35-27(38)19-6-5-18(25-26(19)32-8-7-31-25)22-23(29)20(39-3)13-21(40-4)24(22)30/h5-8,13-16H,9-12H2,1-4H3,(H,35,38). The van der Waals surface area contributed by atoms with Crippen LogP contribution in [0.25, 0.3) is 22.2 Å². The minimum atomic E-state index is -0.376. The zero-order valence-electron chi connectivity index (χ0n) is 22.6. The van der Waals surface area contributed by atoms with E-state index in [1.165, 1.54) is 20.4 Å². The zero-order chi connectivity index (χ0) is 28.4. The van der Waals surface area contributed by atoms with Gasteiger partial charge in [-0.1, -0.05) is 29.3 Å². The maximum absolute atomic E-state index is 13.4. The predicted molar refractivity (Wildman–Crippen MR) is 157 cm³/mol. The highest BCUT2D eigenvalue weighted by Gasteiger charge is 2.24. The molecule has 0 bridgehead atoms. The Morgan fingerprint density at radius 2 is 1.50 bits per heavy atom. The van der Waals surface area contributed by atoms with Crippen LogP contribution < -0.4 is 19.7 Å². The molecule has 0 saturated carbocycles. The van der Waals surface area contributed by atoms with E-state index in [9.17, 15) is 4.79 Å². The number of carbonyl (C=O) groups excluding carboxylic acids is 1. The summed E-state index contributed by atoms with van der Waals surface area (Å²) in [5.41, 5.74) is 2.67. The van der Waals surface area contributed by atoms with Gasteiger partial charge in [0.1, 0.15) is 17.0 Å². The van der Waals surface area contributed by atoms with Crippen molar-refractivity contribution in [1.82, 2.24) is 24.8 Å². The molecule has 10 nitrogen and oxygen atoms in total. The Labute approximate surface area is 242 Å². The molecular weight excluding hydrogens is 553 g/mol. The summed E-state index contributed by atoms with van der Waals surface area (Å²) in [7, 11) is 3.01. The van der Waals surface area contributed by atoms with Crippen molar-refractivity contribution >= 4 is 51.8 Å². The van der Waals surface area contributed by atoms with Gasteiger partial charge in [-0.25, -0.2) is 9.97 Å². The molecule has 4 aromatic rings. The molecule has 1 saturated heterocycles. The number of nitrogens with zero attached hydrogens (tertiary/aromatic N) is 6. The first kappa shape index (κ1) is 27.8. The number of fused-ring (bicyclic) bond motifs is 1. The number of rotatable bonds is 7. The van der Waals surface area contributed by atoms with Gasteiger partial charge in [-0.3, -0.25) is 19.7 Å². The highest BCUT2D eigenvalue weighted by atomic mass is 35.5. The molecule has 5 rings (SSSR count). The topological polar surface area (TPSA) is 106 Å². The van der Waals surface area contributed by atoms with E-state index < -0.39 is 0 Å². The summed E-state index contributed by atoms with van der Waals surface area (Å²) in [6.45, 7) is 8.03. The number of methoxy groups -OCH3 is 2. The number of benzene rings is 2. The molecule has 0 spiro atoms. The Balaban J connectivity index is 1.42. The van der Waals surface area contributed by atoms with Crippen LogP contribution in [0, 0.1) is 0 Å². The average molecular weight is 582 g/mol. The Hall–Kier alpha value is -3.73. The lowest BCUT2D eigenvalue weighted by Crippen LogP contribution is -2.49. The van der Waals surface area contributed by atoms with E-state index in [4.69, 9.17) is 32.7 Å². The van der Waals surface area contributed by atoms with Crippen molar-refractivity contribution in [3.8, 4) is 22.6 Å². The second-order valence-corrected chi connectivity index (χ2v) is 10.3. The maximum Gasteiger partial charge on any atom is 0.258 e. The largest absolute Gasteiger partial charge is 0.495 e. The fraction of sp³-hybridized carbons (Fsp3) is 0.321. The van der Waals surface area contributed by atoms with Gasteiger partial charge in [0.25, 0.3) is 5.91 Å². The number of halogens is 2. The number of hydrogen-bond acceptors (Lipinski definition) is 9. The van der Waals surface area contributed by atoms with Crippen LogP contribution in [0.2, 0.25) is 10.0 Å². The van der Waals surface area contributed by atoms with Crippen LogP contribution in [-0.2, 0) is 0 Å². The molecule has 40 heavy (non-hydrogen) atoms. The molecule has 208 valence electrons. The summed E-state index contributed by atoms with van der Waals surface area (Å²) in [4.78, 5) is 35.9. The summed E-state index contributed by atoms with van der Waals surface area (Å²) < 4.78 is 10.8. The van der Waals surface area contributed by atoms with Gasteiger partial charge in [0.2, 0.25) is 5.95 Å². The quantitative estimate of drug-likeness (QED) is 0.315. The van der Waals surface area contributed by atoms with E-state index in [0.717, 1.165) is 26.2 Å². The van der Waals surface area contributed by atoms with E-state index in [2.05, 4.69) is 48.9 Å². The molecule has 1 aliphatic heterocycles. The average Bonchev–Trinajstić information content (AvgIpc) is 2.98. The molecule has 0 aliphatic carbocycles. The van der Waals surface area contributed by atoms with Crippen molar-refractivity contribution in [1.29, 1.82) is 0 Å². The normalized spacial score (nSPS) is 14.0. The number of aromatic nitrogens is 4. The molecule has 0 atom stereocenters. The summed E-state index contributed by atoms with van der Waals surface area (Å²) in [5, 5.41) is 3.45. The molecule has 0 radical (unpaired) electrons. The lowest BCUT2D eigenvalue weighted by molar-refractivity contribution is 0.102. The third kappa shape index (κ3) is 5.34. The summed E-state index contributed by atoms with van der Waals surface area (Å²) in [6.07, 6.45) is 6.29. The highest BCUT2D eigenvalue weighted by Crippen LogP contribution is 2.47. The Bertz CT molecular complexity index is 1510. The van der Waals surface area contributed by atoms with Gasteiger partial charge in [-0.2, -0.15) is 0 Å². The number of anilines is 2. The van der Waals surface area contributed by atoms with Gasteiger partial charge in [0, 0.05) is 61.8 Å². The second kappa shape index (κ2) is 11.8. The van der Waals surface area contributed by atoms with Crippen molar-refractivity contribution in [2.75, 3.05) is 50.6 Å². The molecule has 1 fully saturated rings. The van der Waals surface area contributed by atoms with Crippen LogP contribution >= 0.6 is 23.2 Å². The lowest BCUT2D eigenvalue weighted by Gasteiger charge is -2.36. The number of carbonyl (C=O) groups is 1. The number of hydrogen-bond donors (Lipinski definition) is 1. The monoisotopic (exact) mass is 581 g/mol. The van der Waals surface area contributed by atoms with Crippen molar-refractivity contribution in [3.05, 3.63) is 58.6 Å². The van der Waals surface area contributed by atoms with E-state index >= 15 is 0 Å². The molecular formula is C28H29Cl2N7O3. The van der Waals surface area contributed by atoms with Gasteiger partial charge in [0.05, 0.1) is 53.4 Å². The van der Waals surface area contributed by atoms with Crippen molar-refractivity contribution in [2.24, 2.45) is 0 Å². The van der Waals surface area contributed by atoms with Gasteiger partial charge in [-0.05, 0) is 19.9 Å². The third-order valence-corrected chi connectivity index (χ3v) is 7.69. The van der Waals surface area contributed by atoms with Gasteiger partial charge < -0.3 is 19.7 Å². The number of nitrogens with one attached hydrogen (secondary N) is 1. The predicted octanol–water partition coefficient (Wildman–Crippen LogP) is 5.19. The highest BCUT2D eigenvalue weighted by molar-refractivity contribution is 6.41. The van der Waals surface area contributed by atoms with Crippen LogP contribution in [-0.4, -0.2) is 77.2 Å². The Kier molecular flexibility index (Phi) is 8.20. The summed E-state index contributed by atoms with van der Waals surface area (Å²) in [6, 6.07) is 5.52. The fourth-order valence-electron chi connectivity index (χ4n) is 4.75. The molecule has 1 N–H and O–H groups in total. The van der Waals surface area contributed by atoms with Crippen molar-refractivity contribution < 1.29 is 14.3 Å². The van der Waals surface area contributed by atoms with Crippen molar-refractivity contribution in [2.45, 2.75) is 19.9 Å². The lowest BCUT2D eigenvalue weighted by atomic mass is 9.99. The molecule has 0 unspecified atom stereocenters. The number of piperazine rings is 1. The smallest absolute Gasteiger partial charge is 0.258 e. The second-order valence-electron chi connectivity index (χ2n) is 9.54. The number of amides is 1. The zero-order valence-corrected chi connectivity index (χ0v) is 24.1. The van der Waals surface area contributed by atoms with E-state index in [1.54, 1.807) is 36.8 Å². The fourth-order valence-corrected chi connectivity index (χ4v) is 5.45. The Morgan fingerprint density at radius 3 is 2.08 bits per heavy atom.